The first kappa shape index (κ1) is 8.52. The van der Waals surface area contributed by atoms with Crippen LogP contribution in [0.2, 0.25) is 0 Å². The lowest BCUT2D eigenvalue weighted by molar-refractivity contribution is -0.150. The molecule has 0 amide bonds. The fraction of sp³-hybridized carbons (Fsp3) is 0.778. The van der Waals surface area contributed by atoms with Crippen molar-refractivity contribution in [2.75, 3.05) is 13.1 Å². The summed E-state index contributed by atoms with van der Waals surface area (Å²) in [5.74, 6) is -0.909. The number of carboxylic acids is 1. The average molecular weight is 180 g/mol. The second-order valence-electron chi connectivity index (χ2n) is 4.12. The summed E-state index contributed by atoms with van der Waals surface area (Å²) in [6.45, 7) is 1.54. The van der Waals surface area contributed by atoms with Gasteiger partial charge in [-0.15, -0.1) is 0 Å². The highest BCUT2D eigenvalue weighted by atomic mass is 16.4. The third kappa shape index (κ3) is 1.11. The molecule has 13 heavy (non-hydrogen) atoms. The Morgan fingerprint density at radius 1 is 1.62 bits per heavy atom. The third-order valence-corrected chi connectivity index (χ3v) is 3.38. The van der Waals surface area contributed by atoms with Gasteiger partial charge in [-0.1, -0.05) is 0 Å². The van der Waals surface area contributed by atoms with Gasteiger partial charge in [0, 0.05) is 18.5 Å². The summed E-state index contributed by atoms with van der Waals surface area (Å²) in [6.07, 6.45) is 1.35. The molecular formula is C9H12N2O2. The molecule has 1 saturated carbocycles. The topological polar surface area (TPSA) is 73.1 Å². The summed E-state index contributed by atoms with van der Waals surface area (Å²) in [5, 5.41) is 20.7. The molecule has 4 nitrogen and oxygen atoms in total. The Balaban J connectivity index is 2.03. The largest absolute Gasteiger partial charge is 0.481 e. The molecule has 0 aromatic heterocycles. The van der Waals surface area contributed by atoms with E-state index >= 15 is 0 Å². The van der Waals surface area contributed by atoms with Crippen LogP contribution in [0.15, 0.2) is 0 Å². The van der Waals surface area contributed by atoms with Gasteiger partial charge in [0.2, 0.25) is 0 Å². The van der Waals surface area contributed by atoms with Crippen LogP contribution in [0.4, 0.5) is 0 Å². The Bertz CT molecular complexity index is 276. The molecule has 1 heterocycles. The van der Waals surface area contributed by atoms with Crippen LogP contribution in [-0.4, -0.2) is 24.2 Å². The second kappa shape index (κ2) is 2.71. The number of nitrogens with zero attached hydrogens (tertiary/aromatic N) is 1. The summed E-state index contributed by atoms with van der Waals surface area (Å²) < 4.78 is 0. The highest BCUT2D eigenvalue weighted by molar-refractivity contribution is 5.71. The zero-order valence-electron chi connectivity index (χ0n) is 7.29. The molecule has 4 heteroatoms. The van der Waals surface area contributed by atoms with Crippen LogP contribution in [-0.2, 0) is 4.79 Å². The summed E-state index contributed by atoms with van der Waals surface area (Å²) >= 11 is 0. The van der Waals surface area contributed by atoms with Crippen LogP contribution < -0.4 is 5.32 Å². The number of rotatable bonds is 1. The van der Waals surface area contributed by atoms with Gasteiger partial charge in [-0.05, 0) is 12.8 Å². The van der Waals surface area contributed by atoms with E-state index < -0.39 is 5.97 Å². The number of carboxylic acid groups (broad SMARTS) is 1. The Labute approximate surface area is 76.5 Å². The van der Waals surface area contributed by atoms with Crippen LogP contribution in [0.1, 0.15) is 12.8 Å². The highest BCUT2D eigenvalue weighted by Crippen LogP contribution is 2.52. The van der Waals surface area contributed by atoms with Gasteiger partial charge in [0.15, 0.2) is 0 Å². The molecule has 0 bridgehead atoms. The Hall–Kier alpha value is -1.08. The van der Waals surface area contributed by atoms with E-state index in [1.54, 1.807) is 0 Å². The molecule has 0 radical (unpaired) electrons. The van der Waals surface area contributed by atoms with E-state index in [2.05, 4.69) is 11.4 Å². The van der Waals surface area contributed by atoms with Crippen molar-refractivity contribution in [3.8, 4) is 6.07 Å². The number of nitriles is 1. The normalized spacial score (nSPS) is 42.7. The minimum Gasteiger partial charge on any atom is -0.481 e. The molecule has 2 rings (SSSR count). The molecule has 1 unspecified atom stereocenters. The van der Waals surface area contributed by atoms with Crippen molar-refractivity contribution in [2.45, 2.75) is 12.8 Å². The molecule has 1 atom stereocenters. The second-order valence-corrected chi connectivity index (χ2v) is 4.12. The first-order chi connectivity index (χ1) is 6.18. The van der Waals surface area contributed by atoms with Crippen molar-refractivity contribution in [3.63, 3.8) is 0 Å². The highest BCUT2D eigenvalue weighted by Gasteiger charge is 2.54. The van der Waals surface area contributed by atoms with Gasteiger partial charge in [0.05, 0.1) is 17.9 Å². The average Bonchev–Trinajstić information content (AvgIpc) is 2.43. The van der Waals surface area contributed by atoms with E-state index in [4.69, 9.17) is 10.4 Å². The fourth-order valence-electron chi connectivity index (χ4n) is 2.51. The Morgan fingerprint density at radius 3 is 2.85 bits per heavy atom. The summed E-state index contributed by atoms with van der Waals surface area (Å²) in [7, 11) is 0. The van der Waals surface area contributed by atoms with Crippen LogP contribution in [0.5, 0.6) is 0 Å². The minimum atomic E-state index is -0.714. The molecule has 1 aliphatic heterocycles. The first-order valence-electron chi connectivity index (χ1n) is 4.51. The van der Waals surface area contributed by atoms with E-state index in [1.165, 1.54) is 0 Å². The Morgan fingerprint density at radius 2 is 2.31 bits per heavy atom. The standard InChI is InChI=1S/C9H12N2O2/c10-3-7-4-11-5-9(7)1-6(2-9)8(12)13/h6-7,11H,1-2,4-5H2,(H,12,13). The van der Waals surface area contributed by atoms with Crippen LogP contribution >= 0.6 is 0 Å². The van der Waals surface area contributed by atoms with Crippen LogP contribution in [0.3, 0.4) is 0 Å². The van der Waals surface area contributed by atoms with Crippen molar-refractivity contribution in [2.24, 2.45) is 17.3 Å². The number of carbonyl (C=O) groups is 1. The van der Waals surface area contributed by atoms with Crippen molar-refractivity contribution in [3.05, 3.63) is 0 Å². The lowest BCUT2D eigenvalue weighted by Crippen LogP contribution is -2.46. The molecule has 2 fully saturated rings. The van der Waals surface area contributed by atoms with Crippen molar-refractivity contribution < 1.29 is 9.90 Å². The van der Waals surface area contributed by atoms with Gasteiger partial charge in [0.1, 0.15) is 0 Å². The SMILES string of the molecule is N#CC1CNCC12CC(C(=O)O)C2. The van der Waals surface area contributed by atoms with Crippen molar-refractivity contribution in [1.29, 1.82) is 5.26 Å². The fourth-order valence-corrected chi connectivity index (χ4v) is 2.51. The molecule has 2 aliphatic rings. The molecule has 0 aromatic carbocycles. The lowest BCUT2D eigenvalue weighted by atomic mass is 9.57. The summed E-state index contributed by atoms with van der Waals surface area (Å²) in [5.41, 5.74) is -0.0161. The third-order valence-electron chi connectivity index (χ3n) is 3.38. The van der Waals surface area contributed by atoms with E-state index in [9.17, 15) is 4.79 Å². The van der Waals surface area contributed by atoms with E-state index in [0.717, 1.165) is 13.1 Å². The van der Waals surface area contributed by atoms with Gasteiger partial charge in [0.25, 0.3) is 0 Å². The number of hydrogen-bond acceptors (Lipinski definition) is 3. The molecule has 1 spiro atoms. The van der Waals surface area contributed by atoms with E-state index in [1.807, 2.05) is 0 Å². The smallest absolute Gasteiger partial charge is 0.306 e. The van der Waals surface area contributed by atoms with E-state index in [-0.39, 0.29) is 17.3 Å². The maximum Gasteiger partial charge on any atom is 0.306 e. The Kier molecular flexibility index (Phi) is 1.77. The zero-order chi connectivity index (χ0) is 9.47. The van der Waals surface area contributed by atoms with Gasteiger partial charge in [-0.25, -0.2) is 0 Å². The molecule has 1 aliphatic carbocycles. The van der Waals surface area contributed by atoms with E-state index in [0.29, 0.717) is 12.8 Å². The number of nitrogens with one attached hydrogen (secondary N) is 1. The predicted molar refractivity (Wildman–Crippen MR) is 44.8 cm³/mol. The number of aliphatic carboxylic acids is 1. The van der Waals surface area contributed by atoms with Crippen molar-refractivity contribution >= 4 is 5.97 Å². The predicted octanol–water partition coefficient (Wildman–Crippen LogP) is 0.210. The molecular weight excluding hydrogens is 168 g/mol. The molecule has 1 saturated heterocycles. The van der Waals surface area contributed by atoms with Gasteiger partial charge in [-0.2, -0.15) is 5.26 Å². The minimum absolute atomic E-state index is 0.0161. The molecule has 0 aromatic rings. The summed E-state index contributed by atoms with van der Waals surface area (Å²) in [4.78, 5) is 10.6. The maximum atomic E-state index is 10.6. The summed E-state index contributed by atoms with van der Waals surface area (Å²) in [6, 6.07) is 2.26. The zero-order valence-corrected chi connectivity index (χ0v) is 7.29. The van der Waals surface area contributed by atoms with Gasteiger partial charge in [-0.3, -0.25) is 4.79 Å². The molecule has 2 N–H and O–H groups in total. The molecule has 70 valence electrons. The van der Waals surface area contributed by atoms with Crippen LogP contribution in [0, 0.1) is 28.6 Å². The monoisotopic (exact) mass is 180 g/mol. The maximum absolute atomic E-state index is 10.6. The first-order valence-corrected chi connectivity index (χ1v) is 4.51. The number of hydrogen-bond donors (Lipinski definition) is 2. The quantitative estimate of drug-likeness (QED) is 0.605. The van der Waals surface area contributed by atoms with Crippen LogP contribution in [0.25, 0.3) is 0 Å². The van der Waals surface area contributed by atoms with Crippen molar-refractivity contribution in [1.82, 2.24) is 5.32 Å². The van der Waals surface area contributed by atoms with Gasteiger partial charge < -0.3 is 10.4 Å². The van der Waals surface area contributed by atoms with Gasteiger partial charge >= 0.3 is 5.97 Å². The lowest BCUT2D eigenvalue weighted by Gasteiger charge is -2.44.